The molecule has 34 heavy (non-hydrogen) atoms. The molecule has 0 aliphatic heterocycles. The molecule has 3 aromatic heterocycles. The van der Waals surface area contributed by atoms with Gasteiger partial charge in [0, 0.05) is 18.0 Å². The van der Waals surface area contributed by atoms with Crippen molar-refractivity contribution in [3.8, 4) is 16.9 Å². The number of nitrogens with zero attached hydrogens (tertiary/aromatic N) is 4. The van der Waals surface area contributed by atoms with Gasteiger partial charge in [-0.15, -0.1) is 0 Å². The van der Waals surface area contributed by atoms with E-state index in [-0.39, 0.29) is 5.41 Å². The first-order chi connectivity index (χ1) is 15.9. The molecule has 0 unspecified atom stereocenters. The number of benzene rings is 1. The molecule has 7 heteroatoms. The largest absolute Gasteiger partial charge is 0.433 e. The fourth-order valence-electron chi connectivity index (χ4n) is 3.74. The average Bonchev–Trinajstić information content (AvgIpc) is 3.30. The van der Waals surface area contributed by atoms with Crippen molar-refractivity contribution in [1.82, 2.24) is 19.7 Å². The Morgan fingerprint density at radius 2 is 1.50 bits per heavy atom. The van der Waals surface area contributed by atoms with Gasteiger partial charge in [0.1, 0.15) is 5.69 Å². The number of halogens is 3. The minimum atomic E-state index is -4.51. The normalized spacial score (nSPS) is 12.7. The Kier molecular flexibility index (Phi) is 5.84. The molecule has 0 radical (unpaired) electrons. The monoisotopic (exact) mass is 464 g/mol. The zero-order valence-corrected chi connectivity index (χ0v) is 19.9. The van der Waals surface area contributed by atoms with E-state index < -0.39 is 17.3 Å². The van der Waals surface area contributed by atoms with Gasteiger partial charge in [-0.2, -0.15) is 18.3 Å². The molecule has 1 aromatic carbocycles. The lowest BCUT2D eigenvalue weighted by Crippen LogP contribution is -2.22. The molecule has 0 spiro atoms. The standard InChI is InChI=1S/C27H27F3N4/c1-25(2,3)19-9-6-8-18(16-19)21-10-7-11-22(32-21)26(4,5)23-13-15-34(33-23)20-12-14-31-24(17-20)27(28,29)30/h6-17H,1-5H3. The number of rotatable bonds is 4. The summed E-state index contributed by atoms with van der Waals surface area (Å²) in [5, 5.41) is 4.58. The number of hydrogen-bond acceptors (Lipinski definition) is 3. The molecule has 4 aromatic rings. The van der Waals surface area contributed by atoms with Crippen molar-refractivity contribution in [3.63, 3.8) is 0 Å². The van der Waals surface area contributed by atoms with Crippen molar-refractivity contribution < 1.29 is 13.2 Å². The molecule has 0 saturated heterocycles. The molecule has 4 rings (SSSR count). The van der Waals surface area contributed by atoms with Crippen LogP contribution in [0.3, 0.4) is 0 Å². The first-order valence-electron chi connectivity index (χ1n) is 11.0. The van der Waals surface area contributed by atoms with Gasteiger partial charge in [-0.25, -0.2) is 4.68 Å². The highest BCUT2D eigenvalue weighted by Gasteiger charge is 2.33. The van der Waals surface area contributed by atoms with Crippen LogP contribution in [0.25, 0.3) is 16.9 Å². The van der Waals surface area contributed by atoms with Crippen molar-refractivity contribution in [2.75, 3.05) is 0 Å². The average molecular weight is 465 g/mol. The van der Waals surface area contributed by atoms with Crippen LogP contribution < -0.4 is 0 Å². The second-order valence-corrected chi connectivity index (χ2v) is 9.91. The number of aromatic nitrogens is 4. The summed E-state index contributed by atoms with van der Waals surface area (Å²) in [7, 11) is 0. The van der Waals surface area contributed by atoms with E-state index in [4.69, 9.17) is 4.98 Å². The third-order valence-electron chi connectivity index (χ3n) is 5.94. The number of alkyl halides is 3. The molecule has 0 bridgehead atoms. The van der Waals surface area contributed by atoms with E-state index in [0.29, 0.717) is 11.4 Å². The predicted octanol–water partition coefficient (Wildman–Crippen LogP) is 6.97. The molecular weight excluding hydrogens is 437 g/mol. The maximum atomic E-state index is 13.1. The molecule has 0 atom stereocenters. The van der Waals surface area contributed by atoms with Gasteiger partial charge < -0.3 is 0 Å². The van der Waals surface area contributed by atoms with Crippen LogP contribution in [0.1, 0.15) is 57.3 Å². The maximum Gasteiger partial charge on any atom is 0.433 e. The lowest BCUT2D eigenvalue weighted by molar-refractivity contribution is -0.141. The summed E-state index contributed by atoms with van der Waals surface area (Å²) in [5.74, 6) is 0. The molecule has 176 valence electrons. The molecule has 0 N–H and O–H groups in total. The van der Waals surface area contributed by atoms with Gasteiger partial charge in [0.2, 0.25) is 0 Å². The summed E-state index contributed by atoms with van der Waals surface area (Å²) in [6.45, 7) is 10.5. The van der Waals surface area contributed by atoms with Crippen LogP contribution in [0.2, 0.25) is 0 Å². The second-order valence-electron chi connectivity index (χ2n) is 9.91. The zero-order chi connectivity index (χ0) is 24.7. The highest BCUT2D eigenvalue weighted by molar-refractivity contribution is 5.61. The van der Waals surface area contributed by atoms with Crippen molar-refractivity contribution in [3.05, 3.63) is 95.7 Å². The van der Waals surface area contributed by atoms with Gasteiger partial charge in [-0.1, -0.05) is 45.0 Å². The molecule has 0 aliphatic rings. The van der Waals surface area contributed by atoms with Gasteiger partial charge in [-0.3, -0.25) is 9.97 Å². The Balaban J connectivity index is 1.68. The number of hydrogen-bond donors (Lipinski definition) is 0. The minimum Gasteiger partial charge on any atom is -0.252 e. The summed E-state index contributed by atoms with van der Waals surface area (Å²) in [5.41, 5.74) is 3.45. The molecule has 3 heterocycles. The summed E-state index contributed by atoms with van der Waals surface area (Å²) >= 11 is 0. The van der Waals surface area contributed by atoms with Crippen molar-refractivity contribution in [2.24, 2.45) is 0 Å². The zero-order valence-electron chi connectivity index (χ0n) is 19.9. The van der Waals surface area contributed by atoms with Crippen LogP contribution in [0.15, 0.2) is 73.1 Å². The van der Waals surface area contributed by atoms with E-state index in [1.807, 2.05) is 50.2 Å². The Labute approximate surface area is 197 Å². The third-order valence-corrected chi connectivity index (χ3v) is 5.94. The second kappa shape index (κ2) is 8.38. The lowest BCUT2D eigenvalue weighted by Gasteiger charge is -2.23. The van der Waals surface area contributed by atoms with Crippen molar-refractivity contribution in [1.29, 1.82) is 0 Å². The highest BCUT2D eigenvalue weighted by Crippen LogP contribution is 2.33. The van der Waals surface area contributed by atoms with Gasteiger partial charge in [0.05, 0.1) is 28.2 Å². The summed E-state index contributed by atoms with van der Waals surface area (Å²) in [6, 6.07) is 18.6. The molecule has 0 amide bonds. The van der Waals surface area contributed by atoms with Gasteiger partial charge >= 0.3 is 6.18 Å². The first-order valence-corrected chi connectivity index (χ1v) is 11.0. The lowest BCUT2D eigenvalue weighted by atomic mass is 9.84. The quantitative estimate of drug-likeness (QED) is 0.328. The Morgan fingerprint density at radius 1 is 0.765 bits per heavy atom. The van der Waals surface area contributed by atoms with E-state index in [1.54, 1.807) is 6.20 Å². The maximum absolute atomic E-state index is 13.1. The van der Waals surface area contributed by atoms with Gasteiger partial charge in [0.15, 0.2) is 0 Å². The van der Waals surface area contributed by atoms with Crippen molar-refractivity contribution in [2.45, 2.75) is 51.6 Å². The minimum absolute atomic E-state index is 0.0265. The number of pyridine rings is 2. The van der Waals surface area contributed by atoms with E-state index >= 15 is 0 Å². The Bertz CT molecular complexity index is 1310. The predicted molar refractivity (Wildman–Crippen MR) is 127 cm³/mol. The molecule has 4 nitrogen and oxygen atoms in total. The van der Waals surface area contributed by atoms with E-state index in [0.717, 1.165) is 29.2 Å². The summed E-state index contributed by atoms with van der Waals surface area (Å²) in [4.78, 5) is 8.36. The van der Waals surface area contributed by atoms with Crippen LogP contribution in [0.5, 0.6) is 0 Å². The molecule has 0 saturated carbocycles. The van der Waals surface area contributed by atoms with Crippen molar-refractivity contribution >= 4 is 0 Å². The fraction of sp³-hybridized carbons (Fsp3) is 0.296. The molecular formula is C27H27F3N4. The van der Waals surface area contributed by atoms with E-state index in [9.17, 15) is 13.2 Å². The van der Waals surface area contributed by atoms with Crippen LogP contribution in [0, 0.1) is 0 Å². The molecule has 0 fully saturated rings. The SMILES string of the molecule is CC(C)(C)c1cccc(-c2cccc(C(C)(C)c3ccn(-c4ccnc(C(F)(F)F)c4)n3)n2)c1. The third kappa shape index (κ3) is 4.74. The molecule has 0 aliphatic carbocycles. The van der Waals surface area contributed by atoms with Crippen LogP contribution in [-0.4, -0.2) is 19.7 Å². The first kappa shape index (κ1) is 23.7. The van der Waals surface area contributed by atoms with Crippen LogP contribution >= 0.6 is 0 Å². The topological polar surface area (TPSA) is 43.6 Å². The fourth-order valence-corrected chi connectivity index (χ4v) is 3.74. The van der Waals surface area contributed by atoms with Gasteiger partial charge in [-0.05, 0) is 61.2 Å². The van der Waals surface area contributed by atoms with E-state index in [2.05, 4.69) is 43.0 Å². The Morgan fingerprint density at radius 3 is 2.21 bits per heavy atom. The highest BCUT2D eigenvalue weighted by atomic mass is 19.4. The smallest absolute Gasteiger partial charge is 0.252 e. The Hall–Kier alpha value is -3.48. The van der Waals surface area contributed by atoms with Gasteiger partial charge in [0.25, 0.3) is 0 Å². The summed E-state index contributed by atoms with van der Waals surface area (Å²) < 4.78 is 40.6. The van der Waals surface area contributed by atoms with E-state index in [1.165, 1.54) is 16.3 Å². The van der Waals surface area contributed by atoms with Crippen LogP contribution in [-0.2, 0) is 17.0 Å². The summed E-state index contributed by atoms with van der Waals surface area (Å²) in [6.07, 6.45) is -1.72. The van der Waals surface area contributed by atoms with Crippen LogP contribution in [0.4, 0.5) is 13.2 Å².